The van der Waals surface area contributed by atoms with E-state index in [2.05, 4.69) is 79.6 Å². The topological polar surface area (TPSA) is 13.1 Å². The Hall–Kier alpha value is -1.46. The van der Waals surface area contributed by atoms with Crippen molar-refractivity contribution >= 4 is 50.2 Å². The quantitative estimate of drug-likeness (QED) is 0.366. The maximum atomic E-state index is 5.88. The summed E-state index contributed by atoms with van der Waals surface area (Å²) in [5.74, 6) is 0.844. The minimum absolute atomic E-state index is 0.844. The lowest BCUT2D eigenvalue weighted by Crippen LogP contribution is -1.94. The summed E-state index contributed by atoms with van der Waals surface area (Å²) in [5, 5.41) is 3.30. The molecule has 0 fully saturated rings. The van der Waals surface area contributed by atoms with Crippen molar-refractivity contribution in [2.24, 2.45) is 0 Å². The first-order valence-electron chi connectivity index (χ1n) is 8.20. The lowest BCUT2D eigenvalue weighted by atomic mass is 10.00. The van der Waals surface area contributed by atoms with Crippen molar-refractivity contribution in [3.05, 3.63) is 86.0 Å². The zero-order chi connectivity index (χ0) is 18.0. The number of rotatable bonds is 5. The predicted molar refractivity (Wildman–Crippen MR) is 119 cm³/mol. The molecule has 0 atom stereocenters. The van der Waals surface area contributed by atoms with Crippen molar-refractivity contribution < 1.29 is 4.42 Å². The highest BCUT2D eigenvalue weighted by atomic mass is 127. The summed E-state index contributed by atoms with van der Waals surface area (Å²) >= 11 is 4.03. The summed E-state index contributed by atoms with van der Waals surface area (Å²) in [6, 6.07) is 14.7. The Kier molecular flexibility index (Phi) is 5.74. The van der Waals surface area contributed by atoms with E-state index in [1.165, 1.54) is 25.8 Å². The largest absolute Gasteiger partial charge is 0.456 e. The van der Waals surface area contributed by atoms with E-state index in [9.17, 15) is 0 Å². The molecule has 0 radical (unpaired) electrons. The van der Waals surface area contributed by atoms with Gasteiger partial charge in [-0.05, 0) is 90.1 Å². The molecule has 0 saturated carbocycles. The molecule has 0 aliphatic heterocycles. The number of para-hydroxylation sites is 1. The van der Waals surface area contributed by atoms with Crippen LogP contribution < -0.4 is 0 Å². The SMILES string of the molecule is C=C(S/C=C(\C)Cc1cc(C)c(I)cc1C)c1cc2ccccc2o1. The summed E-state index contributed by atoms with van der Waals surface area (Å²) in [6.45, 7) is 10.7. The van der Waals surface area contributed by atoms with Crippen LogP contribution in [0.5, 0.6) is 0 Å². The molecule has 0 unspecified atom stereocenters. The molecule has 0 saturated heterocycles. The van der Waals surface area contributed by atoms with E-state index < -0.39 is 0 Å². The molecule has 1 nitrogen and oxygen atoms in total. The lowest BCUT2D eigenvalue weighted by Gasteiger charge is -2.09. The zero-order valence-corrected chi connectivity index (χ0v) is 17.7. The molecule has 0 aliphatic carbocycles. The van der Waals surface area contributed by atoms with E-state index in [0.29, 0.717) is 0 Å². The van der Waals surface area contributed by atoms with Crippen molar-refractivity contribution in [1.82, 2.24) is 0 Å². The Balaban J connectivity index is 1.70. The van der Waals surface area contributed by atoms with Gasteiger partial charge in [-0.25, -0.2) is 0 Å². The number of thioether (sulfide) groups is 1. The van der Waals surface area contributed by atoms with Gasteiger partial charge in [0, 0.05) is 13.9 Å². The summed E-state index contributed by atoms with van der Waals surface area (Å²) in [6.07, 6.45) is 0.962. The Labute approximate surface area is 167 Å². The van der Waals surface area contributed by atoms with Crippen LogP contribution in [0.3, 0.4) is 0 Å². The minimum atomic E-state index is 0.844. The van der Waals surface area contributed by atoms with Crippen molar-refractivity contribution in [3.8, 4) is 0 Å². The van der Waals surface area contributed by atoms with Gasteiger partial charge in [-0.15, -0.1) is 0 Å². The smallest absolute Gasteiger partial charge is 0.141 e. The van der Waals surface area contributed by atoms with Gasteiger partial charge in [-0.1, -0.05) is 48.2 Å². The van der Waals surface area contributed by atoms with Crippen LogP contribution in [0.15, 0.2) is 64.4 Å². The number of hydrogen-bond donors (Lipinski definition) is 0. The molecular formula is C22H21IOS. The lowest BCUT2D eigenvalue weighted by molar-refractivity contribution is 0.603. The van der Waals surface area contributed by atoms with Crippen LogP contribution in [0.4, 0.5) is 0 Å². The van der Waals surface area contributed by atoms with Crippen molar-refractivity contribution in [2.75, 3.05) is 0 Å². The van der Waals surface area contributed by atoms with Crippen LogP contribution in [0, 0.1) is 17.4 Å². The van der Waals surface area contributed by atoms with Gasteiger partial charge < -0.3 is 4.42 Å². The van der Waals surface area contributed by atoms with Gasteiger partial charge in [-0.3, -0.25) is 0 Å². The monoisotopic (exact) mass is 460 g/mol. The second kappa shape index (κ2) is 7.83. The van der Waals surface area contributed by atoms with Gasteiger partial charge >= 0.3 is 0 Å². The Morgan fingerprint density at radius 1 is 1.16 bits per heavy atom. The van der Waals surface area contributed by atoms with Crippen molar-refractivity contribution in [1.29, 1.82) is 0 Å². The Morgan fingerprint density at radius 3 is 2.68 bits per heavy atom. The molecule has 3 aromatic rings. The molecule has 0 bridgehead atoms. The fourth-order valence-corrected chi connectivity index (χ4v) is 3.99. The molecule has 2 aromatic carbocycles. The highest BCUT2D eigenvalue weighted by molar-refractivity contribution is 14.1. The van der Waals surface area contributed by atoms with Gasteiger partial charge in [0.1, 0.15) is 11.3 Å². The van der Waals surface area contributed by atoms with Crippen molar-refractivity contribution in [2.45, 2.75) is 27.2 Å². The van der Waals surface area contributed by atoms with E-state index in [-0.39, 0.29) is 0 Å². The third-order valence-electron chi connectivity index (χ3n) is 4.19. The molecule has 0 spiro atoms. The second-order valence-corrected chi connectivity index (χ2v) is 8.48. The van der Waals surface area contributed by atoms with Crippen LogP contribution in [0.2, 0.25) is 0 Å². The Bertz CT molecular complexity index is 932. The number of furan rings is 1. The Morgan fingerprint density at radius 2 is 1.92 bits per heavy atom. The predicted octanol–water partition coefficient (Wildman–Crippen LogP) is 7.50. The molecule has 1 aromatic heterocycles. The maximum absolute atomic E-state index is 5.88. The molecule has 0 N–H and O–H groups in total. The second-order valence-electron chi connectivity index (χ2n) is 6.36. The van der Waals surface area contributed by atoms with Crippen LogP contribution >= 0.6 is 34.4 Å². The highest BCUT2D eigenvalue weighted by Crippen LogP contribution is 2.32. The van der Waals surface area contributed by atoms with E-state index >= 15 is 0 Å². The van der Waals surface area contributed by atoms with E-state index in [4.69, 9.17) is 4.42 Å². The zero-order valence-electron chi connectivity index (χ0n) is 14.7. The molecule has 1 heterocycles. The molecular weight excluding hydrogens is 439 g/mol. The first-order valence-corrected chi connectivity index (χ1v) is 10.2. The molecule has 128 valence electrons. The highest BCUT2D eigenvalue weighted by Gasteiger charge is 2.07. The molecule has 25 heavy (non-hydrogen) atoms. The molecule has 0 aliphatic rings. The summed E-state index contributed by atoms with van der Waals surface area (Å²) in [7, 11) is 0. The van der Waals surface area contributed by atoms with Gasteiger partial charge in [0.25, 0.3) is 0 Å². The average molecular weight is 460 g/mol. The third-order valence-corrected chi connectivity index (χ3v) is 6.36. The van der Waals surface area contributed by atoms with Crippen LogP contribution in [-0.2, 0) is 6.42 Å². The summed E-state index contributed by atoms with van der Waals surface area (Å²) < 4.78 is 7.20. The van der Waals surface area contributed by atoms with Gasteiger partial charge in [0.05, 0.1) is 0 Å². The standard InChI is InChI=1S/C22H21IOS/c1-14(9-19-10-16(3)20(23)11-15(19)2)13-25-17(4)22-12-18-7-5-6-8-21(18)24-22/h5-8,10-13H,4,9H2,1-3H3/b14-13+. The molecule has 0 amide bonds. The van der Waals surface area contributed by atoms with E-state index in [1.54, 1.807) is 11.8 Å². The van der Waals surface area contributed by atoms with E-state index in [1.807, 2.05) is 18.2 Å². The van der Waals surface area contributed by atoms with E-state index in [0.717, 1.165) is 28.1 Å². The average Bonchev–Trinajstić information content (AvgIpc) is 3.02. The third kappa shape index (κ3) is 4.39. The van der Waals surface area contributed by atoms with Crippen molar-refractivity contribution in [3.63, 3.8) is 0 Å². The first-order chi connectivity index (χ1) is 11.9. The first kappa shape index (κ1) is 18.3. The fraction of sp³-hybridized carbons (Fsp3) is 0.182. The number of halogens is 1. The minimum Gasteiger partial charge on any atom is -0.456 e. The van der Waals surface area contributed by atoms with Gasteiger partial charge in [0.2, 0.25) is 0 Å². The number of fused-ring (bicyclic) bond motifs is 1. The normalized spacial score (nSPS) is 11.9. The number of allylic oxidation sites excluding steroid dienone is 1. The summed E-state index contributed by atoms with van der Waals surface area (Å²) in [4.78, 5) is 0.936. The fourth-order valence-electron chi connectivity index (χ4n) is 2.72. The van der Waals surface area contributed by atoms with Crippen LogP contribution in [-0.4, -0.2) is 0 Å². The number of benzene rings is 2. The van der Waals surface area contributed by atoms with Crippen LogP contribution in [0.25, 0.3) is 15.9 Å². The maximum Gasteiger partial charge on any atom is 0.141 e. The summed E-state index contributed by atoms with van der Waals surface area (Å²) in [5.41, 5.74) is 6.31. The molecule has 3 rings (SSSR count). The van der Waals surface area contributed by atoms with Gasteiger partial charge in [-0.2, -0.15) is 0 Å². The van der Waals surface area contributed by atoms with Gasteiger partial charge in [0.15, 0.2) is 0 Å². The number of aryl methyl sites for hydroxylation is 2. The molecule has 3 heteroatoms. The number of hydrogen-bond acceptors (Lipinski definition) is 2. The van der Waals surface area contributed by atoms with Crippen LogP contribution in [0.1, 0.15) is 29.4 Å².